The van der Waals surface area contributed by atoms with Gasteiger partial charge in [0.2, 0.25) is 5.96 Å². The molecule has 8 heteroatoms. The second-order valence-electron chi connectivity index (χ2n) is 1.53. The summed E-state index contributed by atoms with van der Waals surface area (Å²) in [6.45, 7) is 0. The van der Waals surface area contributed by atoms with Gasteiger partial charge in [-0.2, -0.15) is 0 Å². The van der Waals surface area contributed by atoms with Crippen molar-refractivity contribution in [2.24, 2.45) is 11.5 Å². The average Bonchev–Trinajstić information content (AvgIpc) is 1.82. The molecule has 9 N–H and O–H groups in total. The first-order valence-corrected chi connectivity index (χ1v) is 2.53. The molecule has 0 rings (SSSR count). The number of carbonyl (C=O) groups excluding carboxylic acids is 1. The largest absolute Gasteiger partial charge is 0.370 e. The third kappa shape index (κ3) is 5.89. The molecule has 0 aromatic heterocycles. The van der Waals surface area contributed by atoms with E-state index in [1.165, 1.54) is 0 Å². The van der Waals surface area contributed by atoms with Crippen LogP contribution in [0.25, 0.3) is 0 Å². The molecule has 0 saturated heterocycles. The molecule has 0 bridgehead atoms. The Hall–Kier alpha value is -1.99. The Labute approximate surface area is 62.3 Å². The molecule has 0 saturated carbocycles. The van der Waals surface area contributed by atoms with Crippen molar-refractivity contribution in [3.63, 3.8) is 0 Å². The molecule has 0 aliphatic carbocycles. The Bertz CT molecular complexity index is 186. The van der Waals surface area contributed by atoms with Gasteiger partial charge in [-0.3, -0.25) is 21.6 Å². The summed E-state index contributed by atoms with van der Waals surface area (Å²) in [6.07, 6.45) is 0. The van der Waals surface area contributed by atoms with Gasteiger partial charge in [-0.15, -0.1) is 0 Å². The minimum atomic E-state index is -0.833. The first-order chi connectivity index (χ1) is 5.02. The number of hydrazine groups is 1. The molecule has 0 heterocycles. The van der Waals surface area contributed by atoms with Crippen molar-refractivity contribution in [1.82, 2.24) is 16.2 Å². The highest BCUT2D eigenvalue weighted by Crippen LogP contribution is 1.54. The summed E-state index contributed by atoms with van der Waals surface area (Å²) in [5.74, 6) is -0.745. The summed E-state index contributed by atoms with van der Waals surface area (Å²) in [5.41, 5.74) is 13.4. The van der Waals surface area contributed by atoms with Gasteiger partial charge in [-0.1, -0.05) is 0 Å². The van der Waals surface area contributed by atoms with E-state index in [1.54, 1.807) is 0 Å². The van der Waals surface area contributed by atoms with Crippen LogP contribution in [0.2, 0.25) is 0 Å². The fourth-order valence-corrected chi connectivity index (χ4v) is 0.290. The Kier molecular flexibility index (Phi) is 3.22. The molecule has 11 heavy (non-hydrogen) atoms. The van der Waals surface area contributed by atoms with Crippen LogP contribution in [0.15, 0.2) is 0 Å². The fourth-order valence-electron chi connectivity index (χ4n) is 0.290. The molecular weight excluding hydrogens is 150 g/mol. The van der Waals surface area contributed by atoms with Crippen LogP contribution in [0.3, 0.4) is 0 Å². The van der Waals surface area contributed by atoms with Crippen LogP contribution in [0.4, 0.5) is 4.79 Å². The molecule has 0 atom stereocenters. The number of nitrogens with one attached hydrogen (secondary N) is 5. The summed E-state index contributed by atoms with van der Waals surface area (Å²) in [6, 6.07) is -0.833. The maximum atomic E-state index is 10.0. The van der Waals surface area contributed by atoms with Crippen LogP contribution in [-0.4, -0.2) is 18.0 Å². The SMILES string of the molecule is N=C(N)NC(=N)NNC(N)=O. The third-order valence-electron chi connectivity index (χ3n) is 0.570. The lowest BCUT2D eigenvalue weighted by molar-refractivity contribution is 0.247. The number of primary amides is 1. The van der Waals surface area contributed by atoms with Gasteiger partial charge >= 0.3 is 6.03 Å². The minimum Gasteiger partial charge on any atom is -0.370 e. The summed E-state index contributed by atoms with van der Waals surface area (Å²) in [5, 5.41) is 15.6. The van der Waals surface area contributed by atoms with Crippen molar-refractivity contribution < 1.29 is 4.79 Å². The number of urea groups is 1. The Balaban J connectivity index is 3.53. The van der Waals surface area contributed by atoms with Crippen LogP contribution in [0, 0.1) is 10.8 Å². The van der Waals surface area contributed by atoms with Gasteiger partial charge < -0.3 is 11.5 Å². The summed E-state index contributed by atoms with van der Waals surface area (Å²) in [7, 11) is 0. The molecule has 0 aliphatic rings. The van der Waals surface area contributed by atoms with Crippen molar-refractivity contribution in [1.29, 1.82) is 10.8 Å². The standard InChI is InChI=1S/C3H9N7O/c4-1(5)8-2(6)9-10-3(7)11/h(H3,7,10,11)(H6,4,5,6,8,9). The van der Waals surface area contributed by atoms with Crippen LogP contribution in [-0.2, 0) is 0 Å². The quantitative estimate of drug-likeness (QED) is 0.119. The van der Waals surface area contributed by atoms with E-state index < -0.39 is 12.0 Å². The highest BCUT2D eigenvalue weighted by atomic mass is 16.2. The number of carbonyl (C=O) groups is 1. The zero-order chi connectivity index (χ0) is 8.85. The van der Waals surface area contributed by atoms with Gasteiger partial charge in [0, 0.05) is 0 Å². The van der Waals surface area contributed by atoms with Crippen LogP contribution < -0.4 is 27.6 Å². The van der Waals surface area contributed by atoms with Gasteiger partial charge in [0.1, 0.15) is 0 Å². The van der Waals surface area contributed by atoms with E-state index >= 15 is 0 Å². The molecule has 0 spiro atoms. The van der Waals surface area contributed by atoms with Gasteiger partial charge in [-0.05, 0) is 0 Å². The van der Waals surface area contributed by atoms with Gasteiger partial charge in [0.25, 0.3) is 0 Å². The fraction of sp³-hybridized carbons (Fsp3) is 0. The van der Waals surface area contributed by atoms with Gasteiger partial charge in [-0.25, -0.2) is 10.2 Å². The average molecular weight is 159 g/mol. The van der Waals surface area contributed by atoms with Crippen LogP contribution >= 0.6 is 0 Å². The number of nitrogens with two attached hydrogens (primary N) is 2. The Morgan fingerprint density at radius 1 is 1.18 bits per heavy atom. The summed E-state index contributed by atoms with van der Waals surface area (Å²) in [4.78, 5) is 10.0. The number of rotatable bonds is 0. The van der Waals surface area contributed by atoms with E-state index in [1.807, 2.05) is 10.9 Å². The molecule has 62 valence electrons. The van der Waals surface area contributed by atoms with Gasteiger partial charge in [0.05, 0.1) is 0 Å². The Morgan fingerprint density at radius 3 is 2.09 bits per heavy atom. The smallest absolute Gasteiger partial charge is 0.330 e. The van der Waals surface area contributed by atoms with Crippen molar-refractivity contribution in [2.45, 2.75) is 0 Å². The van der Waals surface area contributed by atoms with E-state index in [2.05, 4.69) is 11.1 Å². The minimum absolute atomic E-state index is 0.337. The maximum Gasteiger partial charge on any atom is 0.330 e. The number of amides is 2. The highest BCUT2D eigenvalue weighted by molar-refractivity contribution is 5.95. The van der Waals surface area contributed by atoms with Crippen molar-refractivity contribution >= 4 is 18.0 Å². The predicted molar refractivity (Wildman–Crippen MR) is 38.6 cm³/mol. The Morgan fingerprint density at radius 2 is 1.73 bits per heavy atom. The number of guanidine groups is 2. The lowest BCUT2D eigenvalue weighted by atomic mass is 10.9. The second kappa shape index (κ2) is 3.93. The van der Waals surface area contributed by atoms with Crippen molar-refractivity contribution in [3.8, 4) is 0 Å². The molecule has 0 aliphatic heterocycles. The summed E-state index contributed by atoms with van der Waals surface area (Å²) >= 11 is 0. The summed E-state index contributed by atoms with van der Waals surface area (Å²) < 4.78 is 0. The van der Waals surface area contributed by atoms with Crippen molar-refractivity contribution in [3.05, 3.63) is 0 Å². The van der Waals surface area contributed by atoms with E-state index in [0.29, 0.717) is 0 Å². The van der Waals surface area contributed by atoms with Crippen molar-refractivity contribution in [2.75, 3.05) is 0 Å². The number of hydrogen-bond donors (Lipinski definition) is 7. The second-order valence-corrected chi connectivity index (χ2v) is 1.53. The maximum absolute atomic E-state index is 10.0. The van der Waals surface area contributed by atoms with E-state index in [9.17, 15) is 4.79 Å². The molecule has 0 fully saturated rings. The molecule has 0 aromatic rings. The van der Waals surface area contributed by atoms with E-state index in [4.69, 9.17) is 16.6 Å². The monoisotopic (exact) mass is 159 g/mol. The van der Waals surface area contributed by atoms with Crippen LogP contribution in [0.1, 0.15) is 0 Å². The molecule has 8 nitrogen and oxygen atoms in total. The lowest BCUT2D eigenvalue weighted by Gasteiger charge is -2.07. The van der Waals surface area contributed by atoms with Gasteiger partial charge in [0.15, 0.2) is 5.96 Å². The topological polar surface area (TPSA) is 153 Å². The molecule has 0 aromatic carbocycles. The molecule has 2 amide bonds. The molecular formula is C3H9N7O. The first kappa shape index (κ1) is 9.01. The lowest BCUT2D eigenvalue weighted by Crippen LogP contribution is -2.52. The van der Waals surface area contributed by atoms with E-state index in [0.717, 1.165) is 0 Å². The third-order valence-corrected chi connectivity index (χ3v) is 0.570. The van der Waals surface area contributed by atoms with Crippen LogP contribution in [0.5, 0.6) is 0 Å². The van der Waals surface area contributed by atoms with E-state index in [-0.39, 0.29) is 5.96 Å². The normalized spacial score (nSPS) is 8.00. The predicted octanol–water partition coefficient (Wildman–Crippen LogP) is -2.42. The zero-order valence-corrected chi connectivity index (χ0v) is 5.56. The molecule has 0 radical (unpaired) electrons. The highest BCUT2D eigenvalue weighted by Gasteiger charge is 1.95. The number of hydrogen-bond acceptors (Lipinski definition) is 3. The first-order valence-electron chi connectivity index (χ1n) is 2.53. The molecule has 0 unspecified atom stereocenters. The zero-order valence-electron chi connectivity index (χ0n) is 5.56.